The average Bonchev–Trinajstić information content (AvgIpc) is 3.01. The molecule has 1 saturated carbocycles. The summed E-state index contributed by atoms with van der Waals surface area (Å²) < 4.78 is 1.02. The van der Waals surface area contributed by atoms with Gasteiger partial charge in [0.05, 0.1) is 0 Å². The first-order chi connectivity index (χ1) is 7.87. The van der Waals surface area contributed by atoms with Crippen LogP contribution in [0.2, 0.25) is 0 Å². The number of halogens is 1. The third-order valence-corrected chi connectivity index (χ3v) is 4.47. The highest BCUT2D eigenvalue weighted by atomic mass is 79.9. The third kappa shape index (κ3) is 2.18. The van der Waals surface area contributed by atoms with E-state index in [1.54, 1.807) is 0 Å². The SMILES string of the molecule is CC1(C(C)(Nc2ccc(Br)cc2)C(N)=O)CC1. The van der Waals surface area contributed by atoms with Crippen molar-refractivity contribution in [3.63, 3.8) is 0 Å². The number of carbonyl (C=O) groups is 1. The summed E-state index contributed by atoms with van der Waals surface area (Å²) in [6, 6.07) is 7.77. The summed E-state index contributed by atoms with van der Waals surface area (Å²) in [6.45, 7) is 3.99. The number of nitrogens with one attached hydrogen (secondary N) is 1. The molecule has 1 fully saturated rings. The molecule has 1 atom stereocenters. The fraction of sp³-hybridized carbons (Fsp3) is 0.462. The van der Waals surface area contributed by atoms with E-state index in [0.29, 0.717) is 0 Å². The second kappa shape index (κ2) is 4.02. The Morgan fingerprint density at radius 2 is 1.94 bits per heavy atom. The molecule has 3 N–H and O–H groups in total. The topological polar surface area (TPSA) is 55.1 Å². The van der Waals surface area contributed by atoms with Gasteiger partial charge in [-0.3, -0.25) is 4.79 Å². The standard InChI is InChI=1S/C13H17BrN2O/c1-12(7-8-12)13(2,11(15)17)16-10-5-3-9(14)4-6-10/h3-6,16H,7-8H2,1-2H3,(H2,15,17). The van der Waals surface area contributed by atoms with E-state index < -0.39 is 5.54 Å². The first-order valence-electron chi connectivity index (χ1n) is 5.71. The highest BCUT2D eigenvalue weighted by Crippen LogP contribution is 2.54. The Balaban J connectivity index is 2.25. The average molecular weight is 297 g/mol. The maximum Gasteiger partial charge on any atom is 0.243 e. The predicted octanol–water partition coefficient (Wildman–Crippen LogP) is 2.91. The van der Waals surface area contributed by atoms with Crippen molar-refractivity contribution >= 4 is 27.5 Å². The Kier molecular flexibility index (Phi) is 2.94. The number of rotatable bonds is 4. The minimum absolute atomic E-state index is 0.0219. The minimum atomic E-state index is -0.680. The van der Waals surface area contributed by atoms with Crippen molar-refractivity contribution in [2.24, 2.45) is 11.1 Å². The van der Waals surface area contributed by atoms with Crippen molar-refractivity contribution in [3.8, 4) is 0 Å². The molecule has 4 heteroatoms. The summed E-state index contributed by atoms with van der Waals surface area (Å²) in [7, 11) is 0. The summed E-state index contributed by atoms with van der Waals surface area (Å²) in [6.07, 6.45) is 2.08. The molecule has 1 aromatic rings. The molecule has 0 radical (unpaired) electrons. The molecule has 1 unspecified atom stereocenters. The molecule has 92 valence electrons. The summed E-state index contributed by atoms with van der Waals surface area (Å²) >= 11 is 3.39. The molecular weight excluding hydrogens is 280 g/mol. The molecule has 0 spiro atoms. The Bertz CT molecular complexity index is 439. The number of anilines is 1. The van der Waals surface area contributed by atoms with Crippen LogP contribution in [0.15, 0.2) is 28.7 Å². The van der Waals surface area contributed by atoms with E-state index in [4.69, 9.17) is 5.73 Å². The van der Waals surface area contributed by atoms with Gasteiger partial charge in [0, 0.05) is 10.2 Å². The maximum absolute atomic E-state index is 11.7. The first-order valence-corrected chi connectivity index (χ1v) is 6.50. The zero-order valence-corrected chi connectivity index (χ0v) is 11.7. The van der Waals surface area contributed by atoms with E-state index in [1.165, 1.54) is 0 Å². The van der Waals surface area contributed by atoms with E-state index in [2.05, 4.69) is 28.2 Å². The number of primary amides is 1. The lowest BCUT2D eigenvalue weighted by atomic mass is 9.83. The number of carbonyl (C=O) groups excluding carboxylic acids is 1. The Morgan fingerprint density at radius 3 is 2.35 bits per heavy atom. The molecule has 0 aromatic heterocycles. The zero-order chi connectivity index (χ0) is 12.7. The van der Waals surface area contributed by atoms with Gasteiger partial charge in [-0.05, 0) is 49.4 Å². The molecule has 1 aromatic carbocycles. The van der Waals surface area contributed by atoms with Gasteiger partial charge in [0.1, 0.15) is 5.54 Å². The van der Waals surface area contributed by atoms with Gasteiger partial charge in [0.25, 0.3) is 0 Å². The van der Waals surface area contributed by atoms with Crippen molar-refractivity contribution in [2.75, 3.05) is 5.32 Å². The van der Waals surface area contributed by atoms with Crippen LogP contribution in [0.1, 0.15) is 26.7 Å². The van der Waals surface area contributed by atoms with Gasteiger partial charge in [-0.15, -0.1) is 0 Å². The number of nitrogens with two attached hydrogens (primary N) is 1. The van der Waals surface area contributed by atoms with Crippen LogP contribution in [0.25, 0.3) is 0 Å². The molecule has 3 nitrogen and oxygen atoms in total. The van der Waals surface area contributed by atoms with Gasteiger partial charge in [-0.1, -0.05) is 22.9 Å². The molecule has 0 saturated heterocycles. The largest absolute Gasteiger partial charge is 0.371 e. The second-order valence-corrected chi connectivity index (χ2v) is 6.10. The van der Waals surface area contributed by atoms with Gasteiger partial charge in [-0.25, -0.2) is 0 Å². The van der Waals surface area contributed by atoms with Gasteiger partial charge >= 0.3 is 0 Å². The number of amides is 1. The summed E-state index contributed by atoms with van der Waals surface area (Å²) in [4.78, 5) is 11.7. The lowest BCUT2D eigenvalue weighted by Crippen LogP contribution is -2.54. The molecule has 17 heavy (non-hydrogen) atoms. The van der Waals surface area contributed by atoms with Crippen LogP contribution in [0, 0.1) is 5.41 Å². The van der Waals surface area contributed by atoms with E-state index in [1.807, 2.05) is 31.2 Å². The van der Waals surface area contributed by atoms with E-state index in [-0.39, 0.29) is 11.3 Å². The Morgan fingerprint density at radius 1 is 1.41 bits per heavy atom. The summed E-state index contributed by atoms with van der Waals surface area (Å²) in [5.74, 6) is -0.291. The monoisotopic (exact) mass is 296 g/mol. The fourth-order valence-corrected chi connectivity index (χ4v) is 2.28. The van der Waals surface area contributed by atoms with Crippen molar-refractivity contribution in [1.82, 2.24) is 0 Å². The van der Waals surface area contributed by atoms with Crippen LogP contribution in [-0.2, 0) is 4.79 Å². The minimum Gasteiger partial charge on any atom is -0.371 e. The molecule has 0 bridgehead atoms. The quantitative estimate of drug-likeness (QED) is 0.898. The predicted molar refractivity (Wildman–Crippen MR) is 72.7 cm³/mol. The van der Waals surface area contributed by atoms with E-state index >= 15 is 0 Å². The van der Waals surface area contributed by atoms with E-state index in [0.717, 1.165) is 23.0 Å². The van der Waals surface area contributed by atoms with Crippen molar-refractivity contribution < 1.29 is 4.79 Å². The smallest absolute Gasteiger partial charge is 0.243 e. The van der Waals surface area contributed by atoms with Crippen LogP contribution >= 0.6 is 15.9 Å². The highest BCUT2D eigenvalue weighted by molar-refractivity contribution is 9.10. The Hall–Kier alpha value is -1.03. The van der Waals surface area contributed by atoms with Crippen LogP contribution in [0.5, 0.6) is 0 Å². The number of hydrogen-bond donors (Lipinski definition) is 2. The fourth-order valence-electron chi connectivity index (χ4n) is 2.02. The summed E-state index contributed by atoms with van der Waals surface area (Å²) in [5, 5.41) is 3.29. The van der Waals surface area contributed by atoms with Gasteiger partial charge < -0.3 is 11.1 Å². The highest BCUT2D eigenvalue weighted by Gasteiger charge is 2.56. The van der Waals surface area contributed by atoms with Crippen molar-refractivity contribution in [3.05, 3.63) is 28.7 Å². The summed E-state index contributed by atoms with van der Waals surface area (Å²) in [5.41, 5.74) is 5.78. The van der Waals surface area contributed by atoms with Crippen LogP contribution in [-0.4, -0.2) is 11.4 Å². The van der Waals surface area contributed by atoms with Gasteiger partial charge in [0.15, 0.2) is 0 Å². The van der Waals surface area contributed by atoms with Gasteiger partial charge in [-0.2, -0.15) is 0 Å². The first kappa shape index (κ1) is 12.4. The number of benzene rings is 1. The lowest BCUT2D eigenvalue weighted by Gasteiger charge is -2.35. The van der Waals surface area contributed by atoms with Gasteiger partial charge in [0.2, 0.25) is 5.91 Å². The van der Waals surface area contributed by atoms with Crippen LogP contribution < -0.4 is 11.1 Å². The maximum atomic E-state index is 11.7. The molecule has 1 amide bonds. The molecule has 2 rings (SSSR count). The third-order valence-electron chi connectivity index (χ3n) is 3.94. The zero-order valence-electron chi connectivity index (χ0n) is 10.1. The Labute approximate surface area is 110 Å². The molecule has 1 aliphatic rings. The molecule has 1 aliphatic carbocycles. The van der Waals surface area contributed by atoms with E-state index in [9.17, 15) is 4.79 Å². The second-order valence-electron chi connectivity index (χ2n) is 5.18. The van der Waals surface area contributed by atoms with Crippen molar-refractivity contribution in [1.29, 1.82) is 0 Å². The molecule has 0 heterocycles. The molecular formula is C13H17BrN2O. The van der Waals surface area contributed by atoms with Crippen molar-refractivity contribution in [2.45, 2.75) is 32.2 Å². The van der Waals surface area contributed by atoms with Crippen LogP contribution in [0.4, 0.5) is 5.69 Å². The normalized spacial score (nSPS) is 20.4. The number of hydrogen-bond acceptors (Lipinski definition) is 2. The van der Waals surface area contributed by atoms with Crippen LogP contribution in [0.3, 0.4) is 0 Å². The molecule has 0 aliphatic heterocycles. The lowest BCUT2D eigenvalue weighted by molar-refractivity contribution is -0.123.